The van der Waals surface area contributed by atoms with E-state index < -0.39 is 20.9 Å². The molecule has 4 rings (SSSR count). The summed E-state index contributed by atoms with van der Waals surface area (Å²) in [7, 11) is -2.28. The molecule has 0 unspecified atom stereocenters. The zero-order valence-corrected chi connectivity index (χ0v) is 18.6. The van der Waals surface area contributed by atoms with Gasteiger partial charge >= 0.3 is 0 Å². The second-order valence-electron chi connectivity index (χ2n) is 7.62. The molecule has 1 aliphatic heterocycles. The second kappa shape index (κ2) is 9.12. The van der Waals surface area contributed by atoms with Crippen LogP contribution in [0.5, 0.6) is 5.75 Å². The van der Waals surface area contributed by atoms with Crippen molar-refractivity contribution in [3.8, 4) is 5.75 Å². The van der Waals surface area contributed by atoms with Crippen LogP contribution in [-0.4, -0.2) is 54.8 Å². The van der Waals surface area contributed by atoms with Gasteiger partial charge in [0.05, 0.1) is 16.9 Å². The first kappa shape index (κ1) is 22.6. The number of fused-ring (bicyclic) bond motifs is 1. The van der Waals surface area contributed by atoms with E-state index >= 15 is 0 Å². The van der Waals surface area contributed by atoms with Crippen LogP contribution in [0.2, 0.25) is 0 Å². The summed E-state index contributed by atoms with van der Waals surface area (Å²) in [6, 6.07) is 11.7. The minimum atomic E-state index is -3.78. The fourth-order valence-corrected chi connectivity index (χ4v) is 5.57. The number of methoxy groups -OCH3 is 1. The van der Waals surface area contributed by atoms with Crippen LogP contribution in [0.15, 0.2) is 59.6 Å². The zero-order chi connectivity index (χ0) is 23.6. The third-order valence-corrected chi connectivity index (χ3v) is 7.60. The van der Waals surface area contributed by atoms with Crippen molar-refractivity contribution >= 4 is 32.5 Å². The molecule has 0 bridgehead atoms. The predicted octanol–water partition coefficient (Wildman–Crippen LogP) is 2.73. The van der Waals surface area contributed by atoms with E-state index in [0.717, 1.165) is 0 Å². The molecule has 0 radical (unpaired) electrons. The summed E-state index contributed by atoms with van der Waals surface area (Å²) in [6.45, 7) is 0.464. The standard InChI is InChI=1S/C22H22N4O6S/c1-32-19-7-8-20(18-6-3-11-23-21(18)19)33(30,31)25-12-9-16(10-13-25)24-22(27)15-4-2-5-17(14-15)26(28)29/h2-8,11,14,16H,9-10,12-13H2,1H3,(H,24,27). The highest BCUT2D eigenvalue weighted by Crippen LogP contribution is 2.32. The predicted molar refractivity (Wildman–Crippen MR) is 121 cm³/mol. The third kappa shape index (κ3) is 4.50. The number of pyridine rings is 1. The quantitative estimate of drug-likeness (QED) is 0.433. The van der Waals surface area contributed by atoms with Gasteiger partial charge in [-0.25, -0.2) is 8.42 Å². The molecule has 1 saturated heterocycles. The number of carbonyl (C=O) groups excluding carboxylic acids is 1. The summed E-state index contributed by atoms with van der Waals surface area (Å²) in [5.74, 6) is 0.0688. The molecule has 0 spiro atoms. The Morgan fingerprint density at radius 2 is 1.94 bits per heavy atom. The van der Waals surface area contributed by atoms with Crippen LogP contribution in [0.25, 0.3) is 10.9 Å². The molecule has 33 heavy (non-hydrogen) atoms. The van der Waals surface area contributed by atoms with Gasteiger partial charge in [0.2, 0.25) is 10.0 Å². The number of hydrogen-bond donors (Lipinski definition) is 1. The number of non-ortho nitro benzene ring substituents is 1. The third-order valence-electron chi connectivity index (χ3n) is 5.64. The van der Waals surface area contributed by atoms with Crippen LogP contribution in [0.1, 0.15) is 23.2 Å². The van der Waals surface area contributed by atoms with Crippen molar-refractivity contribution in [2.24, 2.45) is 0 Å². The number of rotatable bonds is 6. The van der Waals surface area contributed by atoms with Crippen molar-refractivity contribution in [1.29, 1.82) is 0 Å². The van der Waals surface area contributed by atoms with Gasteiger partial charge in [0.25, 0.3) is 11.6 Å². The Balaban J connectivity index is 1.47. The summed E-state index contributed by atoms with van der Waals surface area (Å²) >= 11 is 0. The lowest BCUT2D eigenvalue weighted by Gasteiger charge is -2.32. The Hall–Kier alpha value is -3.57. The van der Waals surface area contributed by atoms with Gasteiger partial charge in [-0.1, -0.05) is 6.07 Å². The normalized spacial score (nSPS) is 15.3. The van der Waals surface area contributed by atoms with E-state index in [0.29, 0.717) is 29.5 Å². The molecule has 1 aromatic heterocycles. The van der Waals surface area contributed by atoms with Gasteiger partial charge < -0.3 is 10.1 Å². The van der Waals surface area contributed by atoms with Gasteiger partial charge in [-0.15, -0.1) is 0 Å². The summed E-state index contributed by atoms with van der Waals surface area (Å²) in [5, 5.41) is 14.3. The first-order valence-electron chi connectivity index (χ1n) is 10.3. The SMILES string of the molecule is COc1ccc(S(=O)(=O)N2CCC(NC(=O)c3cccc([N+](=O)[O-])c3)CC2)c2cccnc12. The molecule has 1 N–H and O–H groups in total. The number of benzene rings is 2. The Morgan fingerprint density at radius 3 is 2.64 bits per heavy atom. The number of ether oxygens (including phenoxy) is 1. The molecule has 2 heterocycles. The first-order valence-corrected chi connectivity index (χ1v) is 11.7. The van der Waals surface area contributed by atoms with Crippen molar-refractivity contribution in [3.63, 3.8) is 0 Å². The molecule has 11 heteroatoms. The van der Waals surface area contributed by atoms with Gasteiger partial charge in [-0.3, -0.25) is 19.9 Å². The molecule has 0 aliphatic carbocycles. The zero-order valence-electron chi connectivity index (χ0n) is 17.8. The average Bonchev–Trinajstić information content (AvgIpc) is 2.83. The van der Waals surface area contributed by atoms with E-state index in [1.165, 1.54) is 41.7 Å². The van der Waals surface area contributed by atoms with Crippen molar-refractivity contribution in [2.45, 2.75) is 23.8 Å². The monoisotopic (exact) mass is 470 g/mol. The van der Waals surface area contributed by atoms with E-state index in [1.54, 1.807) is 24.4 Å². The maximum Gasteiger partial charge on any atom is 0.270 e. The van der Waals surface area contributed by atoms with Crippen molar-refractivity contribution in [3.05, 3.63) is 70.4 Å². The van der Waals surface area contributed by atoms with Gasteiger partial charge in [0.15, 0.2) is 0 Å². The number of aromatic nitrogens is 1. The van der Waals surface area contributed by atoms with Crippen LogP contribution in [0, 0.1) is 10.1 Å². The number of nitrogens with one attached hydrogen (secondary N) is 1. The summed E-state index contributed by atoms with van der Waals surface area (Å²) in [6.07, 6.45) is 2.43. The van der Waals surface area contributed by atoms with Gasteiger partial charge in [-0.05, 0) is 43.2 Å². The Kier molecular flexibility index (Phi) is 6.25. The average molecular weight is 471 g/mol. The van der Waals surface area contributed by atoms with E-state index in [4.69, 9.17) is 4.74 Å². The van der Waals surface area contributed by atoms with E-state index in [-0.39, 0.29) is 35.3 Å². The summed E-state index contributed by atoms with van der Waals surface area (Å²) < 4.78 is 33.4. The second-order valence-corrected chi connectivity index (χ2v) is 9.53. The number of amides is 1. The number of piperidine rings is 1. The first-order chi connectivity index (χ1) is 15.8. The maximum atomic E-state index is 13.4. The molecule has 2 aromatic carbocycles. The van der Waals surface area contributed by atoms with Gasteiger partial charge in [0, 0.05) is 48.4 Å². The fourth-order valence-electron chi connectivity index (χ4n) is 3.92. The summed E-state index contributed by atoms with van der Waals surface area (Å²) in [4.78, 5) is 27.3. The summed E-state index contributed by atoms with van der Waals surface area (Å²) in [5.41, 5.74) is 0.501. The smallest absolute Gasteiger partial charge is 0.270 e. The molecule has 1 fully saturated rings. The van der Waals surface area contributed by atoms with E-state index in [2.05, 4.69) is 10.3 Å². The number of nitrogens with zero attached hydrogens (tertiary/aromatic N) is 3. The highest BCUT2D eigenvalue weighted by Gasteiger charge is 2.31. The lowest BCUT2D eigenvalue weighted by molar-refractivity contribution is -0.384. The minimum absolute atomic E-state index is 0.158. The highest BCUT2D eigenvalue weighted by molar-refractivity contribution is 7.89. The molecular formula is C22H22N4O6S. The topological polar surface area (TPSA) is 132 Å². The highest BCUT2D eigenvalue weighted by atomic mass is 32.2. The Labute approximate surface area is 190 Å². The van der Waals surface area contributed by atoms with Gasteiger partial charge in [-0.2, -0.15) is 4.31 Å². The Morgan fingerprint density at radius 1 is 1.18 bits per heavy atom. The molecule has 172 valence electrons. The number of sulfonamides is 1. The lowest BCUT2D eigenvalue weighted by atomic mass is 10.1. The number of hydrogen-bond acceptors (Lipinski definition) is 7. The molecule has 0 saturated carbocycles. The molecular weight excluding hydrogens is 448 g/mol. The van der Waals surface area contributed by atoms with Crippen molar-refractivity contribution < 1.29 is 22.9 Å². The van der Waals surface area contributed by atoms with E-state index in [9.17, 15) is 23.3 Å². The fraction of sp³-hybridized carbons (Fsp3) is 0.273. The van der Waals surface area contributed by atoms with Crippen LogP contribution < -0.4 is 10.1 Å². The molecule has 10 nitrogen and oxygen atoms in total. The number of carbonyl (C=O) groups is 1. The van der Waals surface area contributed by atoms with Crippen molar-refractivity contribution in [2.75, 3.05) is 20.2 Å². The van der Waals surface area contributed by atoms with Crippen molar-refractivity contribution in [1.82, 2.24) is 14.6 Å². The van der Waals surface area contributed by atoms with E-state index in [1.807, 2.05) is 0 Å². The molecule has 3 aromatic rings. The van der Waals surface area contributed by atoms with Crippen LogP contribution in [-0.2, 0) is 10.0 Å². The number of nitro benzene ring substituents is 1. The maximum absolute atomic E-state index is 13.4. The molecule has 1 amide bonds. The lowest BCUT2D eigenvalue weighted by Crippen LogP contribution is -2.46. The minimum Gasteiger partial charge on any atom is -0.494 e. The van der Waals surface area contributed by atoms with Crippen LogP contribution in [0.4, 0.5) is 5.69 Å². The largest absolute Gasteiger partial charge is 0.494 e. The van der Waals surface area contributed by atoms with Gasteiger partial charge in [0.1, 0.15) is 11.3 Å². The molecule has 0 atom stereocenters. The molecule has 1 aliphatic rings. The van der Waals surface area contributed by atoms with Crippen LogP contribution >= 0.6 is 0 Å². The Bertz CT molecular complexity index is 1320. The number of nitro groups is 1. The van der Waals surface area contributed by atoms with Crippen LogP contribution in [0.3, 0.4) is 0 Å².